The van der Waals surface area contributed by atoms with Gasteiger partial charge in [-0.15, -0.1) is 0 Å². The second kappa shape index (κ2) is 8.35. The van der Waals surface area contributed by atoms with Crippen molar-refractivity contribution in [3.8, 4) is 0 Å². The molecule has 0 bridgehead atoms. The molecular formula is C18H20ClFN2O3S. The van der Waals surface area contributed by atoms with Crippen molar-refractivity contribution in [1.82, 2.24) is 4.90 Å². The summed E-state index contributed by atoms with van der Waals surface area (Å²) in [6, 6.07) is 12.3. The van der Waals surface area contributed by atoms with Gasteiger partial charge >= 0.3 is 0 Å². The van der Waals surface area contributed by atoms with Crippen LogP contribution in [0.5, 0.6) is 0 Å². The van der Waals surface area contributed by atoms with Crippen molar-refractivity contribution in [2.45, 2.75) is 4.90 Å². The average molecular weight is 399 g/mol. The van der Waals surface area contributed by atoms with Crippen molar-refractivity contribution >= 4 is 27.3 Å². The van der Waals surface area contributed by atoms with Crippen molar-refractivity contribution in [3.63, 3.8) is 0 Å². The van der Waals surface area contributed by atoms with Crippen LogP contribution < -0.4 is 4.31 Å². The van der Waals surface area contributed by atoms with Crippen molar-refractivity contribution in [3.05, 3.63) is 59.4 Å². The fourth-order valence-corrected chi connectivity index (χ4v) is 4.53. The minimum absolute atomic E-state index is 0.0327. The van der Waals surface area contributed by atoms with Gasteiger partial charge in [0.1, 0.15) is 5.82 Å². The van der Waals surface area contributed by atoms with Gasteiger partial charge in [-0.25, -0.2) is 12.8 Å². The molecule has 8 heteroatoms. The Bertz CT molecular complexity index is 843. The van der Waals surface area contributed by atoms with E-state index in [0.717, 1.165) is 25.2 Å². The summed E-state index contributed by atoms with van der Waals surface area (Å²) in [6.45, 7) is 3.68. The van der Waals surface area contributed by atoms with Gasteiger partial charge in [0, 0.05) is 26.2 Å². The molecule has 0 aliphatic carbocycles. The molecule has 2 aromatic carbocycles. The maximum absolute atomic E-state index is 13.4. The van der Waals surface area contributed by atoms with Crippen LogP contribution in [0.3, 0.4) is 0 Å². The summed E-state index contributed by atoms with van der Waals surface area (Å²) in [4.78, 5) is 2.13. The summed E-state index contributed by atoms with van der Waals surface area (Å²) in [5, 5.41) is -0.215. The van der Waals surface area contributed by atoms with Crippen LogP contribution in [0.1, 0.15) is 0 Å². The quantitative estimate of drug-likeness (QED) is 0.750. The summed E-state index contributed by atoms with van der Waals surface area (Å²) in [7, 11) is -3.87. The molecule has 0 saturated carbocycles. The standard InChI is InChI=1S/C18H20ClFN2O3S/c19-17-14-16(6-7-18(17)20)26(23,24)22(15-4-2-1-3-5-15)9-8-21-10-12-25-13-11-21/h1-7,14H,8-13H2. The van der Waals surface area contributed by atoms with Gasteiger partial charge in [-0.3, -0.25) is 9.21 Å². The summed E-state index contributed by atoms with van der Waals surface area (Å²) in [6.07, 6.45) is 0. The first-order valence-corrected chi connectivity index (χ1v) is 10.1. The van der Waals surface area contributed by atoms with E-state index in [4.69, 9.17) is 16.3 Å². The Morgan fingerprint density at radius 3 is 2.46 bits per heavy atom. The predicted molar refractivity (Wildman–Crippen MR) is 99.6 cm³/mol. The zero-order valence-corrected chi connectivity index (χ0v) is 15.7. The monoisotopic (exact) mass is 398 g/mol. The minimum atomic E-state index is -3.87. The van der Waals surface area contributed by atoms with Gasteiger partial charge in [0.25, 0.3) is 10.0 Å². The molecule has 0 amide bonds. The van der Waals surface area contributed by atoms with E-state index in [1.165, 1.54) is 10.4 Å². The Balaban J connectivity index is 1.89. The fraction of sp³-hybridized carbons (Fsp3) is 0.333. The van der Waals surface area contributed by atoms with Crippen LogP contribution >= 0.6 is 11.6 Å². The zero-order chi connectivity index (χ0) is 18.6. The van der Waals surface area contributed by atoms with Crippen LogP contribution in [0.4, 0.5) is 10.1 Å². The first-order valence-electron chi connectivity index (χ1n) is 8.31. The highest BCUT2D eigenvalue weighted by Crippen LogP contribution is 2.26. The van der Waals surface area contributed by atoms with E-state index in [1.54, 1.807) is 24.3 Å². The first kappa shape index (κ1) is 19.1. The maximum atomic E-state index is 13.4. The van der Waals surface area contributed by atoms with E-state index in [0.29, 0.717) is 25.4 Å². The molecule has 0 N–H and O–H groups in total. The lowest BCUT2D eigenvalue weighted by molar-refractivity contribution is 0.0395. The Hall–Kier alpha value is -1.67. The molecule has 140 valence electrons. The van der Waals surface area contributed by atoms with Gasteiger partial charge in [0.2, 0.25) is 0 Å². The van der Waals surface area contributed by atoms with Crippen LogP contribution in [-0.2, 0) is 14.8 Å². The Morgan fingerprint density at radius 1 is 1.12 bits per heavy atom. The molecule has 3 rings (SSSR count). The number of ether oxygens (including phenoxy) is 1. The van der Waals surface area contributed by atoms with Crippen molar-refractivity contribution in [1.29, 1.82) is 0 Å². The number of anilines is 1. The van der Waals surface area contributed by atoms with E-state index in [9.17, 15) is 12.8 Å². The van der Waals surface area contributed by atoms with E-state index in [2.05, 4.69) is 4.90 Å². The van der Waals surface area contributed by atoms with E-state index < -0.39 is 15.8 Å². The van der Waals surface area contributed by atoms with Gasteiger partial charge in [-0.2, -0.15) is 0 Å². The van der Waals surface area contributed by atoms with Crippen LogP contribution in [0, 0.1) is 5.82 Å². The largest absolute Gasteiger partial charge is 0.379 e. The highest BCUT2D eigenvalue weighted by atomic mass is 35.5. The van der Waals surface area contributed by atoms with Crippen molar-refractivity contribution in [2.75, 3.05) is 43.7 Å². The maximum Gasteiger partial charge on any atom is 0.264 e. The molecule has 26 heavy (non-hydrogen) atoms. The second-order valence-corrected chi connectivity index (χ2v) is 8.21. The molecule has 0 spiro atoms. The smallest absolute Gasteiger partial charge is 0.264 e. The van der Waals surface area contributed by atoms with Gasteiger partial charge < -0.3 is 4.74 Å². The average Bonchev–Trinajstić information content (AvgIpc) is 2.65. The fourth-order valence-electron chi connectivity index (χ4n) is 2.80. The number of hydrogen-bond acceptors (Lipinski definition) is 4. The lowest BCUT2D eigenvalue weighted by Crippen LogP contribution is -2.43. The van der Waals surface area contributed by atoms with Gasteiger partial charge in [0.15, 0.2) is 0 Å². The third-order valence-corrected chi connectivity index (χ3v) is 6.36. The van der Waals surface area contributed by atoms with Gasteiger partial charge in [-0.1, -0.05) is 29.8 Å². The lowest BCUT2D eigenvalue weighted by atomic mass is 10.3. The van der Waals surface area contributed by atoms with Crippen molar-refractivity contribution < 1.29 is 17.5 Å². The first-order chi connectivity index (χ1) is 12.5. The normalized spacial score (nSPS) is 15.8. The van der Waals surface area contributed by atoms with Crippen LogP contribution in [0.25, 0.3) is 0 Å². The summed E-state index contributed by atoms with van der Waals surface area (Å²) < 4.78 is 46.5. The molecular weight excluding hydrogens is 379 g/mol. The lowest BCUT2D eigenvalue weighted by Gasteiger charge is -2.30. The second-order valence-electron chi connectivity index (χ2n) is 5.94. The summed E-state index contributed by atoms with van der Waals surface area (Å²) in [5.41, 5.74) is 0.557. The number of hydrogen-bond donors (Lipinski definition) is 0. The molecule has 5 nitrogen and oxygen atoms in total. The van der Waals surface area contributed by atoms with Crippen LogP contribution in [0.2, 0.25) is 5.02 Å². The number of nitrogens with zero attached hydrogens (tertiary/aromatic N) is 2. The number of morpholine rings is 1. The van der Waals surface area contributed by atoms with Crippen molar-refractivity contribution in [2.24, 2.45) is 0 Å². The SMILES string of the molecule is O=S(=O)(c1ccc(F)c(Cl)c1)N(CCN1CCOCC1)c1ccccc1. The number of sulfonamides is 1. The molecule has 1 aliphatic heterocycles. The number of rotatable bonds is 6. The molecule has 1 aliphatic rings. The molecule has 0 aromatic heterocycles. The Labute approximate surface area is 158 Å². The molecule has 0 radical (unpaired) electrons. The number of halogens is 2. The van der Waals surface area contributed by atoms with Crippen LogP contribution in [0.15, 0.2) is 53.4 Å². The summed E-state index contributed by atoms with van der Waals surface area (Å²) in [5.74, 6) is -0.648. The molecule has 1 saturated heterocycles. The Kier molecular flexibility index (Phi) is 6.13. The topological polar surface area (TPSA) is 49.9 Å². The summed E-state index contributed by atoms with van der Waals surface area (Å²) >= 11 is 5.79. The highest BCUT2D eigenvalue weighted by molar-refractivity contribution is 7.92. The number of benzene rings is 2. The highest BCUT2D eigenvalue weighted by Gasteiger charge is 2.26. The predicted octanol–water partition coefficient (Wildman–Crippen LogP) is 3.01. The number of para-hydroxylation sites is 1. The zero-order valence-electron chi connectivity index (χ0n) is 14.1. The molecule has 2 aromatic rings. The molecule has 1 fully saturated rings. The van der Waals surface area contributed by atoms with Crippen LogP contribution in [-0.4, -0.2) is 52.7 Å². The van der Waals surface area contributed by atoms with E-state index >= 15 is 0 Å². The molecule has 0 atom stereocenters. The van der Waals surface area contributed by atoms with Gasteiger partial charge in [-0.05, 0) is 30.3 Å². The third kappa shape index (κ3) is 4.35. The minimum Gasteiger partial charge on any atom is -0.379 e. The molecule has 0 unspecified atom stereocenters. The Morgan fingerprint density at radius 2 is 1.81 bits per heavy atom. The van der Waals surface area contributed by atoms with E-state index in [1.807, 2.05) is 6.07 Å². The third-order valence-electron chi connectivity index (χ3n) is 4.25. The van der Waals surface area contributed by atoms with E-state index in [-0.39, 0.29) is 16.5 Å². The molecule has 1 heterocycles. The van der Waals surface area contributed by atoms with Gasteiger partial charge in [0.05, 0.1) is 28.8 Å².